The maximum atomic E-state index is 12.1. The Morgan fingerprint density at radius 3 is 2.42 bits per heavy atom. The first-order valence-electron chi connectivity index (χ1n) is 10.2. The van der Waals surface area contributed by atoms with Crippen LogP contribution in [0.1, 0.15) is 46.0 Å². The molecular formula is C21H36N3O2+. The van der Waals surface area contributed by atoms with Crippen molar-refractivity contribution in [1.82, 2.24) is 5.32 Å². The second-order valence-electron chi connectivity index (χ2n) is 7.88. The van der Waals surface area contributed by atoms with Crippen LogP contribution in [0.25, 0.3) is 0 Å². The molecule has 1 amide bonds. The smallest absolute Gasteiger partial charge is 0.275 e. The highest BCUT2D eigenvalue weighted by molar-refractivity contribution is 5.76. The number of amides is 1. The Morgan fingerprint density at radius 2 is 1.77 bits per heavy atom. The molecule has 0 aliphatic carbocycles. The van der Waals surface area contributed by atoms with Gasteiger partial charge in [-0.3, -0.25) is 4.79 Å². The van der Waals surface area contributed by atoms with E-state index in [1.165, 1.54) is 30.6 Å². The summed E-state index contributed by atoms with van der Waals surface area (Å²) in [5.41, 5.74) is 1.14. The van der Waals surface area contributed by atoms with Gasteiger partial charge >= 0.3 is 0 Å². The molecule has 1 saturated heterocycles. The van der Waals surface area contributed by atoms with E-state index in [-0.39, 0.29) is 5.91 Å². The standard InChI is InChI=1S/C21H35N3O2/c1-18(2)7-5-3-4-6-12-22-21(26)17-23-13-15-24(16-14-23)19-8-10-20(25)11-9-19/h8-11,18,25H,3-7,12-17H2,1-2H3,(H,22,26)/p+1. The van der Waals surface area contributed by atoms with Gasteiger partial charge in [0.25, 0.3) is 5.91 Å². The van der Waals surface area contributed by atoms with Gasteiger partial charge in [-0.25, -0.2) is 0 Å². The fourth-order valence-electron chi connectivity index (χ4n) is 3.47. The van der Waals surface area contributed by atoms with Gasteiger partial charge < -0.3 is 20.2 Å². The minimum absolute atomic E-state index is 0.181. The second kappa shape index (κ2) is 11.1. The average molecular weight is 363 g/mol. The molecule has 1 aliphatic rings. The van der Waals surface area contributed by atoms with Crippen LogP contribution in [0.4, 0.5) is 5.69 Å². The van der Waals surface area contributed by atoms with E-state index in [1.54, 1.807) is 12.1 Å². The van der Waals surface area contributed by atoms with E-state index in [0.717, 1.165) is 50.7 Å². The topological polar surface area (TPSA) is 57.0 Å². The third-order valence-corrected chi connectivity index (χ3v) is 5.13. The van der Waals surface area contributed by atoms with Crippen molar-refractivity contribution in [3.63, 3.8) is 0 Å². The van der Waals surface area contributed by atoms with E-state index in [4.69, 9.17) is 0 Å². The van der Waals surface area contributed by atoms with E-state index in [2.05, 4.69) is 24.1 Å². The van der Waals surface area contributed by atoms with Crippen LogP contribution in [0, 0.1) is 5.92 Å². The minimum Gasteiger partial charge on any atom is -0.508 e. The van der Waals surface area contributed by atoms with E-state index in [0.29, 0.717) is 12.3 Å². The predicted octanol–water partition coefficient (Wildman–Crippen LogP) is 1.82. The summed E-state index contributed by atoms with van der Waals surface area (Å²) in [7, 11) is 0. The van der Waals surface area contributed by atoms with Gasteiger partial charge in [-0.15, -0.1) is 0 Å². The lowest BCUT2D eigenvalue weighted by Gasteiger charge is -2.33. The Balaban J connectivity index is 1.54. The Morgan fingerprint density at radius 1 is 1.12 bits per heavy atom. The number of anilines is 1. The maximum Gasteiger partial charge on any atom is 0.275 e. The summed E-state index contributed by atoms with van der Waals surface area (Å²) >= 11 is 0. The molecule has 5 heteroatoms. The number of rotatable bonds is 10. The quantitative estimate of drug-likeness (QED) is 0.557. The van der Waals surface area contributed by atoms with Gasteiger partial charge in [-0.1, -0.05) is 39.5 Å². The van der Waals surface area contributed by atoms with Crippen molar-refractivity contribution in [2.24, 2.45) is 5.92 Å². The summed E-state index contributed by atoms with van der Waals surface area (Å²) in [6, 6.07) is 7.36. The molecule has 1 heterocycles. The summed E-state index contributed by atoms with van der Waals surface area (Å²) in [6.07, 6.45) is 6.20. The maximum absolute atomic E-state index is 12.1. The van der Waals surface area contributed by atoms with Gasteiger partial charge in [-0.2, -0.15) is 0 Å². The lowest BCUT2D eigenvalue weighted by Crippen LogP contribution is -3.15. The molecule has 146 valence electrons. The highest BCUT2D eigenvalue weighted by Gasteiger charge is 2.22. The first kappa shape index (κ1) is 20.6. The molecule has 1 aliphatic heterocycles. The number of hydrogen-bond donors (Lipinski definition) is 3. The number of hydrogen-bond acceptors (Lipinski definition) is 3. The van der Waals surface area contributed by atoms with Crippen LogP contribution in [-0.2, 0) is 4.79 Å². The third-order valence-electron chi connectivity index (χ3n) is 5.13. The fourth-order valence-corrected chi connectivity index (χ4v) is 3.47. The van der Waals surface area contributed by atoms with E-state index < -0.39 is 0 Å². The third kappa shape index (κ3) is 7.65. The van der Waals surface area contributed by atoms with Crippen LogP contribution < -0.4 is 15.1 Å². The van der Waals surface area contributed by atoms with Crippen molar-refractivity contribution in [3.8, 4) is 5.75 Å². The number of nitrogens with zero attached hydrogens (tertiary/aromatic N) is 1. The number of carbonyl (C=O) groups excluding carboxylic acids is 1. The van der Waals surface area contributed by atoms with Gasteiger partial charge in [0.1, 0.15) is 5.75 Å². The lowest BCUT2D eigenvalue weighted by molar-refractivity contribution is -0.892. The lowest BCUT2D eigenvalue weighted by atomic mass is 10.0. The Bertz CT molecular complexity index is 523. The molecular weight excluding hydrogens is 326 g/mol. The number of quaternary nitrogens is 1. The van der Waals surface area contributed by atoms with Crippen LogP contribution in [0.15, 0.2) is 24.3 Å². The number of piperazine rings is 1. The van der Waals surface area contributed by atoms with E-state index in [1.807, 2.05) is 12.1 Å². The van der Waals surface area contributed by atoms with Crippen LogP contribution in [0.5, 0.6) is 5.75 Å². The van der Waals surface area contributed by atoms with E-state index in [9.17, 15) is 9.90 Å². The molecule has 1 aromatic carbocycles. The fraction of sp³-hybridized carbons (Fsp3) is 0.667. The second-order valence-corrected chi connectivity index (χ2v) is 7.88. The van der Waals surface area contributed by atoms with Crippen molar-refractivity contribution < 1.29 is 14.8 Å². The Labute approximate surface area is 158 Å². The number of unbranched alkanes of at least 4 members (excludes halogenated alkanes) is 3. The van der Waals surface area contributed by atoms with E-state index >= 15 is 0 Å². The molecule has 0 unspecified atom stereocenters. The SMILES string of the molecule is CC(C)CCCCCCNC(=O)C[NH+]1CCN(c2ccc(O)cc2)CC1. The average Bonchev–Trinajstić information content (AvgIpc) is 2.62. The molecule has 0 saturated carbocycles. The largest absolute Gasteiger partial charge is 0.508 e. The van der Waals surface area contributed by atoms with Gasteiger partial charge in [-0.05, 0) is 36.6 Å². The van der Waals surface area contributed by atoms with Gasteiger partial charge in [0.05, 0.1) is 26.2 Å². The summed E-state index contributed by atoms with van der Waals surface area (Å²) in [6.45, 7) is 9.78. The van der Waals surface area contributed by atoms with Crippen molar-refractivity contribution >= 4 is 11.6 Å². The molecule has 5 nitrogen and oxygen atoms in total. The van der Waals surface area contributed by atoms with Gasteiger partial charge in [0.15, 0.2) is 6.54 Å². The van der Waals surface area contributed by atoms with Crippen LogP contribution in [-0.4, -0.2) is 50.3 Å². The number of phenolic OH excluding ortho intramolecular Hbond substituents is 1. The number of benzene rings is 1. The number of carbonyl (C=O) groups is 1. The first-order valence-corrected chi connectivity index (χ1v) is 10.2. The van der Waals surface area contributed by atoms with Gasteiger partial charge in [0, 0.05) is 12.2 Å². The molecule has 26 heavy (non-hydrogen) atoms. The summed E-state index contributed by atoms with van der Waals surface area (Å²) < 4.78 is 0. The van der Waals surface area contributed by atoms with Crippen molar-refractivity contribution in [1.29, 1.82) is 0 Å². The molecule has 0 spiro atoms. The predicted molar refractivity (Wildman–Crippen MR) is 107 cm³/mol. The minimum atomic E-state index is 0.181. The zero-order valence-corrected chi connectivity index (χ0v) is 16.5. The Hall–Kier alpha value is -1.75. The van der Waals surface area contributed by atoms with Crippen molar-refractivity contribution in [2.75, 3.05) is 44.2 Å². The Kier molecular flexibility index (Phi) is 8.75. The molecule has 0 atom stereocenters. The van der Waals surface area contributed by atoms with Crippen LogP contribution >= 0.6 is 0 Å². The van der Waals surface area contributed by atoms with Crippen LogP contribution in [0.2, 0.25) is 0 Å². The molecule has 2 rings (SSSR count). The first-order chi connectivity index (χ1) is 12.5. The van der Waals surface area contributed by atoms with Crippen LogP contribution in [0.3, 0.4) is 0 Å². The summed E-state index contributed by atoms with van der Waals surface area (Å²) in [4.78, 5) is 15.8. The number of nitrogens with one attached hydrogen (secondary N) is 2. The molecule has 0 radical (unpaired) electrons. The molecule has 3 N–H and O–H groups in total. The van der Waals surface area contributed by atoms with Gasteiger partial charge in [0.2, 0.25) is 0 Å². The summed E-state index contributed by atoms with van der Waals surface area (Å²) in [5, 5.41) is 12.5. The number of phenols is 1. The summed E-state index contributed by atoms with van der Waals surface area (Å²) in [5.74, 6) is 1.28. The molecule has 0 aromatic heterocycles. The molecule has 1 aromatic rings. The zero-order valence-electron chi connectivity index (χ0n) is 16.5. The molecule has 0 bridgehead atoms. The molecule has 1 fully saturated rings. The van der Waals surface area contributed by atoms with Crippen molar-refractivity contribution in [3.05, 3.63) is 24.3 Å². The normalized spacial score (nSPS) is 15.4. The number of aromatic hydroxyl groups is 1. The van der Waals surface area contributed by atoms with Crippen molar-refractivity contribution in [2.45, 2.75) is 46.0 Å². The monoisotopic (exact) mass is 362 g/mol. The highest BCUT2D eigenvalue weighted by atomic mass is 16.3. The zero-order chi connectivity index (χ0) is 18.8. The highest BCUT2D eigenvalue weighted by Crippen LogP contribution is 2.18.